The molecule has 132 valence electrons. The zero-order chi connectivity index (χ0) is 18.4. The molecule has 0 atom stereocenters. The van der Waals surface area contributed by atoms with Crippen molar-refractivity contribution < 1.29 is 13.9 Å². The number of nitrogens with one attached hydrogen (secondary N) is 1. The molecule has 1 heterocycles. The summed E-state index contributed by atoms with van der Waals surface area (Å²) in [5.74, 6) is 0.861. The van der Waals surface area contributed by atoms with Crippen molar-refractivity contribution in [2.75, 3.05) is 12.4 Å². The number of hydrogen-bond acceptors (Lipinski definition) is 4. The Kier molecular flexibility index (Phi) is 5.76. The highest BCUT2D eigenvalue weighted by atomic mass is 35.5. The van der Waals surface area contributed by atoms with E-state index in [-0.39, 0.29) is 17.5 Å². The predicted molar refractivity (Wildman–Crippen MR) is 97.0 cm³/mol. The lowest BCUT2D eigenvalue weighted by Gasteiger charge is -2.07. The molecule has 0 radical (unpaired) electrons. The number of carbonyl (C=O) groups is 1. The van der Waals surface area contributed by atoms with Gasteiger partial charge >= 0.3 is 0 Å². The van der Waals surface area contributed by atoms with E-state index in [9.17, 15) is 9.18 Å². The second-order valence-corrected chi connectivity index (χ2v) is 5.67. The summed E-state index contributed by atoms with van der Waals surface area (Å²) in [6.07, 6.45) is 1.53. The summed E-state index contributed by atoms with van der Waals surface area (Å²) < 4.78 is 18.6. The summed E-state index contributed by atoms with van der Waals surface area (Å²) in [5, 5.41) is 2.63. The van der Waals surface area contributed by atoms with Crippen LogP contribution >= 0.6 is 11.6 Å². The largest absolute Gasteiger partial charge is 0.457 e. The van der Waals surface area contributed by atoms with Crippen LogP contribution in [0.25, 0.3) is 11.3 Å². The lowest BCUT2D eigenvalue weighted by molar-refractivity contribution is 0.0945. The lowest BCUT2D eigenvalue weighted by Crippen LogP contribution is -2.27. The first-order chi connectivity index (χ1) is 12.7. The van der Waals surface area contributed by atoms with Gasteiger partial charge in [-0.05, 0) is 54.6 Å². The van der Waals surface area contributed by atoms with E-state index in [1.165, 1.54) is 18.3 Å². The average molecular weight is 372 g/mol. The molecule has 7 heteroatoms. The smallest absolute Gasteiger partial charge is 0.289 e. The van der Waals surface area contributed by atoms with Crippen molar-refractivity contribution in [2.45, 2.75) is 0 Å². The minimum absolute atomic E-state index is 0.0826. The SMILES string of the molecule is O=C(NCCCl)c1nccc(-c2ccc(Oc3ccc(F)cc3)cc2)n1. The van der Waals surface area contributed by atoms with Crippen molar-refractivity contribution >= 4 is 17.5 Å². The van der Waals surface area contributed by atoms with E-state index in [1.54, 1.807) is 30.3 Å². The first-order valence-corrected chi connectivity index (χ1v) is 8.40. The Balaban J connectivity index is 1.74. The molecule has 0 bridgehead atoms. The highest BCUT2D eigenvalue weighted by Gasteiger charge is 2.10. The molecule has 1 amide bonds. The molecule has 0 aliphatic rings. The second kappa shape index (κ2) is 8.40. The number of carbonyl (C=O) groups excluding carboxylic acids is 1. The predicted octanol–water partition coefficient (Wildman–Crippen LogP) is 4.04. The average Bonchev–Trinajstić information content (AvgIpc) is 2.68. The zero-order valence-electron chi connectivity index (χ0n) is 13.7. The number of halogens is 2. The maximum atomic E-state index is 12.9. The van der Waals surface area contributed by atoms with Gasteiger partial charge in [0.1, 0.15) is 17.3 Å². The summed E-state index contributed by atoms with van der Waals surface area (Å²) in [6, 6.07) is 14.7. The highest BCUT2D eigenvalue weighted by molar-refractivity contribution is 6.18. The molecule has 0 aliphatic carbocycles. The number of benzene rings is 2. The first kappa shape index (κ1) is 17.8. The normalized spacial score (nSPS) is 10.4. The van der Waals surface area contributed by atoms with Crippen LogP contribution in [-0.2, 0) is 0 Å². The fourth-order valence-electron chi connectivity index (χ4n) is 2.20. The van der Waals surface area contributed by atoms with Gasteiger partial charge in [-0.25, -0.2) is 14.4 Å². The third-order valence-corrected chi connectivity index (χ3v) is 3.63. The van der Waals surface area contributed by atoms with E-state index < -0.39 is 0 Å². The van der Waals surface area contributed by atoms with Crippen molar-refractivity contribution in [1.82, 2.24) is 15.3 Å². The van der Waals surface area contributed by atoms with Gasteiger partial charge in [-0.2, -0.15) is 0 Å². The molecular formula is C19H15ClFN3O2. The van der Waals surface area contributed by atoms with Crippen LogP contribution in [0.3, 0.4) is 0 Å². The summed E-state index contributed by atoms with van der Waals surface area (Å²) in [4.78, 5) is 20.2. The molecule has 5 nitrogen and oxygen atoms in total. The Morgan fingerprint density at radius 3 is 2.35 bits per heavy atom. The molecule has 0 aliphatic heterocycles. The number of aromatic nitrogens is 2. The second-order valence-electron chi connectivity index (χ2n) is 5.29. The molecule has 26 heavy (non-hydrogen) atoms. The summed E-state index contributed by atoms with van der Waals surface area (Å²) in [6.45, 7) is 0.351. The summed E-state index contributed by atoms with van der Waals surface area (Å²) in [5.41, 5.74) is 1.43. The number of nitrogens with zero attached hydrogens (tertiary/aromatic N) is 2. The number of amides is 1. The fraction of sp³-hybridized carbons (Fsp3) is 0.105. The van der Waals surface area contributed by atoms with Gasteiger partial charge in [-0.15, -0.1) is 11.6 Å². The third kappa shape index (κ3) is 4.55. The van der Waals surface area contributed by atoms with Gasteiger partial charge in [0.2, 0.25) is 5.82 Å². The van der Waals surface area contributed by atoms with E-state index >= 15 is 0 Å². The lowest BCUT2D eigenvalue weighted by atomic mass is 10.1. The van der Waals surface area contributed by atoms with Crippen LogP contribution < -0.4 is 10.1 Å². The Bertz CT molecular complexity index is 886. The van der Waals surface area contributed by atoms with Crippen molar-refractivity contribution in [2.24, 2.45) is 0 Å². The highest BCUT2D eigenvalue weighted by Crippen LogP contribution is 2.25. The Labute approximate surface area is 154 Å². The number of hydrogen-bond donors (Lipinski definition) is 1. The molecule has 3 aromatic rings. The maximum Gasteiger partial charge on any atom is 0.289 e. The molecule has 0 saturated carbocycles. The van der Waals surface area contributed by atoms with E-state index in [0.29, 0.717) is 29.6 Å². The number of alkyl halides is 1. The molecule has 0 spiro atoms. The molecule has 0 unspecified atom stereocenters. The molecule has 1 N–H and O–H groups in total. The monoisotopic (exact) mass is 371 g/mol. The van der Waals surface area contributed by atoms with Crippen molar-refractivity contribution in [1.29, 1.82) is 0 Å². The number of rotatable bonds is 6. The van der Waals surface area contributed by atoms with Crippen LogP contribution in [0, 0.1) is 5.82 Å². The van der Waals surface area contributed by atoms with Gasteiger partial charge in [0.05, 0.1) is 5.69 Å². The van der Waals surface area contributed by atoms with Crippen LogP contribution in [0.4, 0.5) is 4.39 Å². The standard InChI is InChI=1S/C19H15ClFN3O2/c20-10-12-23-19(25)18-22-11-9-17(24-18)13-1-5-15(6-2-13)26-16-7-3-14(21)4-8-16/h1-9,11H,10,12H2,(H,23,25). The van der Waals surface area contributed by atoms with Crippen molar-refractivity contribution in [3.63, 3.8) is 0 Å². The van der Waals surface area contributed by atoms with Gasteiger partial charge in [0.25, 0.3) is 5.91 Å². The minimum Gasteiger partial charge on any atom is -0.457 e. The molecule has 0 fully saturated rings. The van der Waals surface area contributed by atoms with E-state index in [1.807, 2.05) is 12.1 Å². The Morgan fingerprint density at radius 2 is 1.69 bits per heavy atom. The van der Waals surface area contributed by atoms with Gasteiger partial charge in [-0.1, -0.05) is 0 Å². The molecule has 1 aromatic heterocycles. The van der Waals surface area contributed by atoms with Crippen LogP contribution in [0.2, 0.25) is 0 Å². The first-order valence-electron chi connectivity index (χ1n) is 7.87. The Morgan fingerprint density at radius 1 is 1.04 bits per heavy atom. The van der Waals surface area contributed by atoms with Gasteiger partial charge in [0.15, 0.2) is 0 Å². The maximum absolute atomic E-state index is 12.9. The van der Waals surface area contributed by atoms with Crippen LogP contribution in [0.5, 0.6) is 11.5 Å². The van der Waals surface area contributed by atoms with Crippen LogP contribution in [-0.4, -0.2) is 28.3 Å². The summed E-state index contributed by atoms with van der Waals surface area (Å²) in [7, 11) is 0. The summed E-state index contributed by atoms with van der Waals surface area (Å²) >= 11 is 5.55. The fourth-order valence-corrected chi connectivity index (χ4v) is 2.30. The molecule has 3 rings (SSSR count). The minimum atomic E-state index is -0.372. The molecule has 2 aromatic carbocycles. The zero-order valence-corrected chi connectivity index (χ0v) is 14.4. The Hall–Kier alpha value is -2.99. The van der Waals surface area contributed by atoms with E-state index in [2.05, 4.69) is 15.3 Å². The third-order valence-electron chi connectivity index (χ3n) is 3.44. The quantitative estimate of drug-likeness (QED) is 0.664. The van der Waals surface area contributed by atoms with E-state index in [0.717, 1.165) is 5.56 Å². The molecule has 0 saturated heterocycles. The van der Waals surface area contributed by atoms with Crippen LogP contribution in [0.1, 0.15) is 10.6 Å². The van der Waals surface area contributed by atoms with Crippen LogP contribution in [0.15, 0.2) is 60.8 Å². The van der Waals surface area contributed by atoms with Crippen molar-refractivity contribution in [3.8, 4) is 22.8 Å². The van der Waals surface area contributed by atoms with E-state index in [4.69, 9.17) is 16.3 Å². The van der Waals surface area contributed by atoms with Gasteiger partial charge < -0.3 is 10.1 Å². The van der Waals surface area contributed by atoms with Gasteiger partial charge in [-0.3, -0.25) is 4.79 Å². The molecular weight excluding hydrogens is 357 g/mol. The van der Waals surface area contributed by atoms with Gasteiger partial charge in [0, 0.05) is 24.2 Å². The number of ether oxygens (including phenoxy) is 1. The topological polar surface area (TPSA) is 64.1 Å². The van der Waals surface area contributed by atoms with Crippen molar-refractivity contribution in [3.05, 3.63) is 72.4 Å².